The van der Waals surface area contributed by atoms with Crippen molar-refractivity contribution in [2.45, 2.75) is 116 Å². The second kappa shape index (κ2) is 24.6. The molecule has 1 atom stereocenters. The van der Waals surface area contributed by atoms with Crippen LogP contribution >= 0.6 is 19.6 Å². The molecule has 8 heteroatoms. The lowest BCUT2D eigenvalue weighted by molar-refractivity contribution is 0.275. The van der Waals surface area contributed by atoms with Gasteiger partial charge in [0.05, 0.1) is 0 Å². The highest BCUT2D eigenvalue weighted by molar-refractivity contribution is 7.99. The zero-order valence-corrected chi connectivity index (χ0v) is 20.2. The highest BCUT2D eigenvalue weighted by Crippen LogP contribution is 2.25. The van der Waals surface area contributed by atoms with Crippen LogP contribution in [0.3, 0.4) is 0 Å². The van der Waals surface area contributed by atoms with Gasteiger partial charge in [0.25, 0.3) is 0 Å². The molecule has 0 aromatic rings. The maximum Gasteiger partial charge on any atom is 0.466 e. The summed E-state index contributed by atoms with van der Waals surface area (Å²) in [5.41, 5.74) is 0. The van der Waals surface area contributed by atoms with E-state index in [4.69, 9.17) is 24.4 Å². The van der Waals surface area contributed by atoms with E-state index in [0.717, 1.165) is 37.9 Å². The molecule has 0 aliphatic heterocycles. The summed E-state index contributed by atoms with van der Waals surface area (Å²) in [6.45, 7) is 2.57. The minimum absolute atomic E-state index is 0.316. The average molecular weight is 461 g/mol. The third-order valence-corrected chi connectivity index (χ3v) is 5.78. The third kappa shape index (κ3) is 39.4. The van der Waals surface area contributed by atoms with Gasteiger partial charge in [-0.05, 0) is 37.2 Å². The molecule has 0 heterocycles. The number of unbranched alkanes of at least 4 members (excludes halogenated alkanes) is 11. The van der Waals surface area contributed by atoms with Crippen molar-refractivity contribution in [2.75, 3.05) is 18.1 Å². The molecule has 0 aromatic heterocycles. The first-order valence-corrected chi connectivity index (χ1v) is 14.1. The summed E-state index contributed by atoms with van der Waals surface area (Å²) in [5.74, 6) is 2.29. The Kier molecular flexibility index (Phi) is 26.8. The molecule has 0 aliphatic rings. The Bertz CT molecular complexity index is 350. The maximum absolute atomic E-state index is 13.8. The number of aliphatic hydroxyl groups excluding tert-OH is 1. The van der Waals surface area contributed by atoms with Gasteiger partial charge in [0.2, 0.25) is 0 Å². The minimum atomic E-state index is -4.64. The SMILES string of the molecule is CCCCCCCCCCC(F)CCCCCCCSCCCO.O=P(O)(O)O. The lowest BCUT2D eigenvalue weighted by Gasteiger charge is -2.08. The van der Waals surface area contributed by atoms with Crippen molar-refractivity contribution < 1.29 is 28.7 Å². The third-order valence-electron chi connectivity index (χ3n) is 4.62. The van der Waals surface area contributed by atoms with Crippen LogP contribution in [0.15, 0.2) is 0 Å². The summed E-state index contributed by atoms with van der Waals surface area (Å²) < 4.78 is 22.7. The molecule has 178 valence electrons. The van der Waals surface area contributed by atoms with Gasteiger partial charge in [-0.25, -0.2) is 8.96 Å². The van der Waals surface area contributed by atoms with Crippen molar-refractivity contribution in [1.29, 1.82) is 0 Å². The first-order chi connectivity index (χ1) is 13.8. The minimum Gasteiger partial charge on any atom is -0.396 e. The highest BCUT2D eigenvalue weighted by Gasteiger charge is 2.05. The zero-order chi connectivity index (χ0) is 22.2. The highest BCUT2D eigenvalue weighted by atomic mass is 32.2. The van der Waals surface area contributed by atoms with E-state index in [0.29, 0.717) is 6.61 Å². The number of alkyl halides is 1. The molecular weight excluding hydrogens is 414 g/mol. The van der Waals surface area contributed by atoms with Crippen LogP contribution in [0.25, 0.3) is 0 Å². The summed E-state index contributed by atoms with van der Waals surface area (Å²) in [6.07, 6.45) is 18.4. The van der Waals surface area contributed by atoms with Crippen molar-refractivity contribution in [3.63, 3.8) is 0 Å². The summed E-state index contributed by atoms with van der Waals surface area (Å²) in [6, 6.07) is 0. The molecule has 0 spiro atoms. The lowest BCUT2D eigenvalue weighted by atomic mass is 10.0. The van der Waals surface area contributed by atoms with Crippen molar-refractivity contribution in [3.05, 3.63) is 0 Å². The predicted octanol–water partition coefficient (Wildman–Crippen LogP) is 6.38. The van der Waals surface area contributed by atoms with Crippen LogP contribution < -0.4 is 0 Å². The molecule has 0 radical (unpaired) electrons. The average Bonchev–Trinajstić information content (AvgIpc) is 2.64. The topological polar surface area (TPSA) is 98.0 Å². The van der Waals surface area contributed by atoms with Gasteiger partial charge >= 0.3 is 7.82 Å². The number of hydrogen-bond donors (Lipinski definition) is 4. The number of rotatable bonds is 20. The van der Waals surface area contributed by atoms with Gasteiger partial charge in [0, 0.05) is 6.61 Å². The van der Waals surface area contributed by atoms with Crippen LogP contribution in [0, 0.1) is 0 Å². The normalized spacial score (nSPS) is 12.5. The van der Waals surface area contributed by atoms with E-state index >= 15 is 0 Å². The van der Waals surface area contributed by atoms with Crippen LogP contribution in [-0.4, -0.2) is 44.1 Å². The molecule has 5 nitrogen and oxygen atoms in total. The van der Waals surface area contributed by atoms with E-state index < -0.39 is 14.0 Å². The van der Waals surface area contributed by atoms with E-state index in [1.807, 2.05) is 11.8 Å². The predicted molar refractivity (Wildman–Crippen MR) is 123 cm³/mol. The molecule has 0 bridgehead atoms. The van der Waals surface area contributed by atoms with Gasteiger partial charge in [0.15, 0.2) is 0 Å². The van der Waals surface area contributed by atoms with E-state index in [1.165, 1.54) is 76.4 Å². The molecule has 0 saturated carbocycles. The number of aliphatic hydroxyl groups is 1. The van der Waals surface area contributed by atoms with E-state index in [-0.39, 0.29) is 0 Å². The van der Waals surface area contributed by atoms with Crippen molar-refractivity contribution in [3.8, 4) is 0 Å². The first-order valence-electron chi connectivity index (χ1n) is 11.4. The van der Waals surface area contributed by atoms with Gasteiger partial charge in [-0.1, -0.05) is 84.0 Å². The van der Waals surface area contributed by atoms with Gasteiger partial charge in [-0.3, -0.25) is 0 Å². The Morgan fingerprint density at radius 1 is 0.724 bits per heavy atom. The van der Waals surface area contributed by atoms with Gasteiger partial charge in [-0.2, -0.15) is 11.8 Å². The zero-order valence-electron chi connectivity index (χ0n) is 18.4. The van der Waals surface area contributed by atoms with Crippen molar-refractivity contribution in [1.82, 2.24) is 0 Å². The van der Waals surface area contributed by atoms with Gasteiger partial charge < -0.3 is 19.8 Å². The molecule has 0 amide bonds. The van der Waals surface area contributed by atoms with Gasteiger partial charge in [0.1, 0.15) is 6.17 Å². The molecule has 4 N–H and O–H groups in total. The monoisotopic (exact) mass is 460 g/mol. The fourth-order valence-electron chi connectivity index (χ4n) is 3.01. The Morgan fingerprint density at radius 3 is 1.55 bits per heavy atom. The summed E-state index contributed by atoms with van der Waals surface area (Å²) in [4.78, 5) is 21.6. The Hall–Kier alpha value is 0.350. The van der Waals surface area contributed by atoms with E-state index in [1.54, 1.807) is 0 Å². The van der Waals surface area contributed by atoms with E-state index in [9.17, 15) is 4.39 Å². The second-order valence-electron chi connectivity index (χ2n) is 7.62. The summed E-state index contributed by atoms with van der Waals surface area (Å²) >= 11 is 1.94. The number of halogens is 1. The molecular formula is C21H46FO5PS. The van der Waals surface area contributed by atoms with Crippen LogP contribution in [-0.2, 0) is 4.57 Å². The van der Waals surface area contributed by atoms with Crippen LogP contribution in [0.2, 0.25) is 0 Å². The smallest absolute Gasteiger partial charge is 0.396 e. The fraction of sp³-hybridized carbons (Fsp3) is 1.00. The number of thioether (sulfide) groups is 1. The molecule has 1 unspecified atom stereocenters. The van der Waals surface area contributed by atoms with Crippen LogP contribution in [0.4, 0.5) is 4.39 Å². The Morgan fingerprint density at radius 2 is 1.10 bits per heavy atom. The van der Waals surface area contributed by atoms with Crippen LogP contribution in [0.1, 0.15) is 110 Å². The Labute approximate surface area is 182 Å². The fourth-order valence-corrected chi connectivity index (χ4v) is 3.96. The quantitative estimate of drug-likeness (QED) is 0.124. The molecule has 0 saturated heterocycles. The largest absolute Gasteiger partial charge is 0.466 e. The molecule has 0 aliphatic carbocycles. The second-order valence-corrected chi connectivity index (χ2v) is 9.87. The van der Waals surface area contributed by atoms with Gasteiger partial charge in [-0.15, -0.1) is 0 Å². The number of hydrogen-bond acceptors (Lipinski definition) is 3. The van der Waals surface area contributed by atoms with Crippen LogP contribution in [0.5, 0.6) is 0 Å². The molecule has 0 rings (SSSR count). The summed E-state index contributed by atoms with van der Waals surface area (Å²) in [7, 11) is -4.64. The summed E-state index contributed by atoms with van der Waals surface area (Å²) in [5, 5.41) is 8.69. The molecule has 0 fully saturated rings. The van der Waals surface area contributed by atoms with Crippen molar-refractivity contribution >= 4 is 19.6 Å². The standard InChI is InChI=1S/C21H43FOS.H3O4P/c1-2-3-4-5-6-7-9-12-16-21(22)17-13-10-8-11-14-19-24-20-15-18-23;1-5(2,3)4/h21,23H,2-20H2,1H3;(H3,1,2,3,4). The lowest BCUT2D eigenvalue weighted by Crippen LogP contribution is -2.00. The van der Waals surface area contributed by atoms with E-state index in [2.05, 4.69) is 6.92 Å². The first kappa shape index (κ1) is 31.5. The molecule has 29 heavy (non-hydrogen) atoms. The maximum atomic E-state index is 13.8. The van der Waals surface area contributed by atoms with Crippen molar-refractivity contribution in [2.24, 2.45) is 0 Å². The Balaban J connectivity index is 0. The number of phosphoric acid groups is 1. The molecule has 0 aromatic carbocycles.